The van der Waals surface area contributed by atoms with Crippen molar-refractivity contribution in [1.82, 2.24) is 0 Å². The van der Waals surface area contributed by atoms with Crippen LogP contribution in [0.5, 0.6) is 0 Å². The zero-order valence-corrected chi connectivity index (χ0v) is 8.51. The Labute approximate surface area is 81.0 Å². The van der Waals surface area contributed by atoms with Crippen LogP contribution in [0, 0.1) is 18.8 Å². The van der Waals surface area contributed by atoms with Gasteiger partial charge in [0.1, 0.15) is 0 Å². The highest BCUT2D eigenvalue weighted by Gasteiger charge is 2.31. The minimum Gasteiger partial charge on any atom is -0.0645 e. The fraction of sp³-hybridized carbons (Fsp3) is 0.462. The first-order valence-corrected chi connectivity index (χ1v) is 5.24. The van der Waals surface area contributed by atoms with E-state index in [0.717, 1.165) is 5.92 Å². The van der Waals surface area contributed by atoms with Crippen LogP contribution >= 0.6 is 0 Å². The zero-order valence-electron chi connectivity index (χ0n) is 8.51. The molecule has 2 rings (SSSR count). The summed E-state index contributed by atoms with van der Waals surface area (Å²) in [6, 6.07) is 8.97. The second kappa shape index (κ2) is 3.53. The lowest BCUT2D eigenvalue weighted by atomic mass is 9.91. The molecule has 69 valence electrons. The first-order chi connectivity index (χ1) is 6.31. The molecule has 1 saturated carbocycles. The van der Waals surface area contributed by atoms with Crippen LogP contribution in [-0.4, -0.2) is 0 Å². The summed E-state index contributed by atoms with van der Waals surface area (Å²) in [5.41, 5.74) is 2.82. The SMILES string of the molecule is CC[C](c1ccc(C)cc1)C1CC1. The number of hydrogen-bond acceptors (Lipinski definition) is 0. The highest BCUT2D eigenvalue weighted by Crippen LogP contribution is 2.43. The molecule has 0 heterocycles. The second-order valence-electron chi connectivity index (χ2n) is 4.02. The summed E-state index contributed by atoms with van der Waals surface area (Å²) in [7, 11) is 0. The number of rotatable bonds is 3. The van der Waals surface area contributed by atoms with Crippen LogP contribution in [0.1, 0.15) is 37.3 Å². The molecule has 0 unspecified atom stereocenters. The third kappa shape index (κ3) is 1.93. The van der Waals surface area contributed by atoms with Crippen LogP contribution in [0.3, 0.4) is 0 Å². The number of benzene rings is 1. The van der Waals surface area contributed by atoms with Crippen molar-refractivity contribution in [3.05, 3.63) is 41.3 Å². The highest BCUT2D eigenvalue weighted by atomic mass is 14.3. The first-order valence-electron chi connectivity index (χ1n) is 5.24. The average Bonchev–Trinajstić information content (AvgIpc) is 2.93. The molecule has 0 N–H and O–H groups in total. The molecule has 1 radical (unpaired) electrons. The third-order valence-corrected chi connectivity index (χ3v) is 2.87. The second-order valence-corrected chi connectivity index (χ2v) is 4.02. The molecule has 13 heavy (non-hydrogen) atoms. The van der Waals surface area contributed by atoms with Gasteiger partial charge in [0.15, 0.2) is 0 Å². The summed E-state index contributed by atoms with van der Waals surface area (Å²) in [4.78, 5) is 0. The molecule has 0 amide bonds. The van der Waals surface area contributed by atoms with Gasteiger partial charge in [-0.3, -0.25) is 0 Å². The van der Waals surface area contributed by atoms with Crippen molar-refractivity contribution in [1.29, 1.82) is 0 Å². The van der Waals surface area contributed by atoms with Gasteiger partial charge in [0.25, 0.3) is 0 Å². The van der Waals surface area contributed by atoms with Gasteiger partial charge in [-0.2, -0.15) is 0 Å². The average molecular weight is 173 g/mol. The lowest BCUT2D eigenvalue weighted by Gasteiger charge is -2.13. The molecule has 0 aliphatic heterocycles. The van der Waals surface area contributed by atoms with E-state index >= 15 is 0 Å². The van der Waals surface area contributed by atoms with Crippen molar-refractivity contribution in [2.24, 2.45) is 5.92 Å². The molecule has 0 bridgehead atoms. The Morgan fingerprint density at radius 1 is 1.23 bits per heavy atom. The molecule has 1 aliphatic rings. The van der Waals surface area contributed by atoms with Gasteiger partial charge in [0.05, 0.1) is 0 Å². The van der Waals surface area contributed by atoms with Crippen LogP contribution in [0.15, 0.2) is 24.3 Å². The van der Waals surface area contributed by atoms with Crippen molar-refractivity contribution in [2.75, 3.05) is 0 Å². The van der Waals surface area contributed by atoms with E-state index in [1.807, 2.05) is 0 Å². The van der Waals surface area contributed by atoms with Crippen molar-refractivity contribution in [2.45, 2.75) is 33.1 Å². The molecule has 0 atom stereocenters. The van der Waals surface area contributed by atoms with Crippen LogP contribution in [0.4, 0.5) is 0 Å². The Balaban J connectivity index is 2.17. The van der Waals surface area contributed by atoms with Gasteiger partial charge >= 0.3 is 0 Å². The molecule has 0 aromatic heterocycles. The van der Waals surface area contributed by atoms with Gasteiger partial charge < -0.3 is 0 Å². The maximum absolute atomic E-state index is 2.27. The van der Waals surface area contributed by atoms with Gasteiger partial charge in [0.2, 0.25) is 0 Å². The third-order valence-electron chi connectivity index (χ3n) is 2.87. The van der Waals surface area contributed by atoms with E-state index in [0.29, 0.717) is 0 Å². The van der Waals surface area contributed by atoms with Gasteiger partial charge in [0, 0.05) is 5.92 Å². The molecule has 0 saturated heterocycles. The minimum atomic E-state index is 0.910. The largest absolute Gasteiger partial charge is 0.0645 e. The predicted molar refractivity (Wildman–Crippen MR) is 56.5 cm³/mol. The van der Waals surface area contributed by atoms with Crippen molar-refractivity contribution in [3.63, 3.8) is 0 Å². The molecule has 1 fully saturated rings. The van der Waals surface area contributed by atoms with E-state index in [1.165, 1.54) is 30.4 Å². The first kappa shape index (κ1) is 8.80. The number of hydrogen-bond donors (Lipinski definition) is 0. The summed E-state index contributed by atoms with van der Waals surface area (Å²) in [5, 5.41) is 0. The monoisotopic (exact) mass is 173 g/mol. The normalized spacial score (nSPS) is 16.5. The van der Waals surface area contributed by atoms with Gasteiger partial charge in [-0.25, -0.2) is 0 Å². The van der Waals surface area contributed by atoms with Crippen LogP contribution < -0.4 is 0 Å². The summed E-state index contributed by atoms with van der Waals surface area (Å²) >= 11 is 0. The molecule has 0 spiro atoms. The van der Waals surface area contributed by atoms with E-state index in [4.69, 9.17) is 0 Å². The van der Waals surface area contributed by atoms with E-state index in [9.17, 15) is 0 Å². The predicted octanol–water partition coefficient (Wildman–Crippen LogP) is 3.74. The van der Waals surface area contributed by atoms with Crippen LogP contribution in [0.25, 0.3) is 0 Å². The Hall–Kier alpha value is -0.780. The zero-order chi connectivity index (χ0) is 9.26. The molecular weight excluding hydrogens is 156 g/mol. The molecule has 0 nitrogen and oxygen atoms in total. The Kier molecular flexibility index (Phi) is 2.39. The lowest BCUT2D eigenvalue weighted by Crippen LogP contribution is -2.00. The fourth-order valence-electron chi connectivity index (χ4n) is 1.93. The van der Waals surface area contributed by atoms with Gasteiger partial charge in [-0.05, 0) is 37.7 Å². The Morgan fingerprint density at radius 3 is 2.31 bits per heavy atom. The van der Waals surface area contributed by atoms with Crippen molar-refractivity contribution < 1.29 is 0 Å². The van der Waals surface area contributed by atoms with Gasteiger partial charge in [-0.15, -0.1) is 0 Å². The minimum absolute atomic E-state index is 0.910. The maximum atomic E-state index is 2.27. The topological polar surface area (TPSA) is 0 Å². The van der Waals surface area contributed by atoms with E-state index in [1.54, 1.807) is 5.92 Å². The fourth-order valence-corrected chi connectivity index (χ4v) is 1.93. The summed E-state index contributed by atoms with van der Waals surface area (Å²) in [6.07, 6.45) is 4.04. The standard InChI is InChI=1S/C13H17/c1-3-13(12-8-9-12)11-6-4-10(2)5-7-11/h4-7,12H,3,8-9H2,1-2H3. The summed E-state index contributed by atoms with van der Waals surface area (Å²) in [6.45, 7) is 4.42. The maximum Gasteiger partial charge on any atom is 0.00779 e. The van der Waals surface area contributed by atoms with E-state index in [2.05, 4.69) is 38.1 Å². The summed E-state index contributed by atoms with van der Waals surface area (Å²) < 4.78 is 0. The smallest absolute Gasteiger partial charge is 0.00779 e. The molecule has 0 heteroatoms. The summed E-state index contributed by atoms with van der Waals surface area (Å²) in [5.74, 6) is 2.58. The number of aryl methyl sites for hydroxylation is 1. The molecule has 1 aromatic rings. The van der Waals surface area contributed by atoms with Crippen LogP contribution in [-0.2, 0) is 0 Å². The van der Waals surface area contributed by atoms with Crippen LogP contribution in [0.2, 0.25) is 0 Å². The Morgan fingerprint density at radius 2 is 1.85 bits per heavy atom. The lowest BCUT2D eigenvalue weighted by molar-refractivity contribution is 0.789. The van der Waals surface area contributed by atoms with Crippen molar-refractivity contribution in [3.8, 4) is 0 Å². The Bertz CT molecular complexity index is 267. The molecule has 1 aliphatic carbocycles. The van der Waals surface area contributed by atoms with E-state index in [-0.39, 0.29) is 0 Å². The van der Waals surface area contributed by atoms with Gasteiger partial charge in [-0.1, -0.05) is 36.8 Å². The quantitative estimate of drug-likeness (QED) is 0.653. The highest BCUT2D eigenvalue weighted by molar-refractivity contribution is 5.35. The molecular formula is C13H17. The van der Waals surface area contributed by atoms with E-state index < -0.39 is 0 Å². The molecule has 1 aromatic carbocycles. The van der Waals surface area contributed by atoms with Crippen molar-refractivity contribution >= 4 is 0 Å².